The van der Waals surface area contributed by atoms with E-state index in [1.165, 1.54) is 34.6 Å². The summed E-state index contributed by atoms with van der Waals surface area (Å²) in [5.41, 5.74) is 1.17. The van der Waals surface area contributed by atoms with Gasteiger partial charge in [-0.3, -0.25) is 4.79 Å². The quantitative estimate of drug-likeness (QED) is 0.372. The molecule has 1 heterocycles. The third-order valence-corrected chi connectivity index (χ3v) is 4.08. The topological polar surface area (TPSA) is 113 Å². The Morgan fingerprint density at radius 3 is 2.62 bits per heavy atom. The first-order valence-corrected chi connectivity index (χ1v) is 8.20. The number of carboxylic acids is 1. The number of nitrogens with zero attached hydrogens (tertiary/aromatic N) is 4. The van der Waals surface area contributed by atoms with Crippen molar-refractivity contribution in [1.29, 1.82) is 0 Å². The Bertz CT molecular complexity index is 904. The standard InChI is InChI=1S/C16H13N5O3S.K/c22-14(17-12-6-4-5-11(9-12)15(23)24)10-25-16-18-19-20-21(16)13-7-2-1-3-8-13;/h1-9H,10H2,(H,17,22)(H,23,24);/q;+1/p-1. The van der Waals surface area contributed by atoms with E-state index in [-0.39, 0.29) is 68.6 Å². The fraction of sp³-hybridized carbons (Fsp3) is 0.0625. The predicted molar refractivity (Wildman–Crippen MR) is 89.3 cm³/mol. The molecule has 3 rings (SSSR count). The van der Waals surface area contributed by atoms with Crippen molar-refractivity contribution in [2.75, 3.05) is 11.1 Å². The van der Waals surface area contributed by atoms with E-state index in [0.29, 0.717) is 10.8 Å². The Balaban J connectivity index is 0.00000243. The van der Waals surface area contributed by atoms with E-state index in [4.69, 9.17) is 0 Å². The fourth-order valence-electron chi connectivity index (χ4n) is 2.05. The first-order valence-electron chi connectivity index (χ1n) is 7.21. The Kier molecular flexibility index (Phi) is 7.94. The molecule has 3 aromatic rings. The van der Waals surface area contributed by atoms with Crippen molar-refractivity contribution in [1.82, 2.24) is 20.2 Å². The van der Waals surface area contributed by atoms with E-state index < -0.39 is 5.97 Å². The maximum absolute atomic E-state index is 12.1. The van der Waals surface area contributed by atoms with E-state index >= 15 is 0 Å². The number of thioether (sulfide) groups is 1. The van der Waals surface area contributed by atoms with Gasteiger partial charge in [0.25, 0.3) is 0 Å². The molecule has 126 valence electrons. The molecule has 1 amide bonds. The summed E-state index contributed by atoms with van der Waals surface area (Å²) >= 11 is 1.17. The largest absolute Gasteiger partial charge is 1.00 e. The number of aromatic carboxylic acids is 1. The van der Waals surface area contributed by atoms with Crippen LogP contribution >= 0.6 is 11.8 Å². The molecule has 0 fully saturated rings. The first-order chi connectivity index (χ1) is 12.1. The van der Waals surface area contributed by atoms with Gasteiger partial charge >= 0.3 is 51.4 Å². The van der Waals surface area contributed by atoms with Crippen LogP contribution in [0.3, 0.4) is 0 Å². The molecular weight excluding hydrogens is 381 g/mol. The number of rotatable bonds is 6. The second-order valence-electron chi connectivity index (χ2n) is 4.91. The van der Waals surface area contributed by atoms with Crippen molar-refractivity contribution in [3.8, 4) is 5.69 Å². The van der Waals surface area contributed by atoms with Crippen LogP contribution < -0.4 is 61.8 Å². The number of carboxylic acid groups (broad SMARTS) is 1. The summed E-state index contributed by atoms with van der Waals surface area (Å²) in [6, 6.07) is 15.2. The van der Waals surface area contributed by atoms with Crippen LogP contribution in [0.2, 0.25) is 0 Å². The van der Waals surface area contributed by atoms with E-state index in [1.54, 1.807) is 6.07 Å². The van der Waals surface area contributed by atoms with Crippen LogP contribution in [0, 0.1) is 0 Å². The summed E-state index contributed by atoms with van der Waals surface area (Å²) in [7, 11) is 0. The number of carbonyl (C=O) groups excluding carboxylic acids is 2. The summed E-state index contributed by atoms with van der Waals surface area (Å²) in [4.78, 5) is 22.9. The van der Waals surface area contributed by atoms with Gasteiger partial charge in [0, 0.05) is 5.69 Å². The molecule has 1 aromatic heterocycles. The van der Waals surface area contributed by atoms with Crippen LogP contribution in [-0.4, -0.2) is 37.8 Å². The SMILES string of the molecule is O=C(CSc1nnnn1-c1ccccc1)Nc1cccc(C(=O)[O-])c1.[K+]. The van der Waals surface area contributed by atoms with Crippen LogP contribution in [-0.2, 0) is 4.79 Å². The zero-order valence-corrected chi connectivity index (χ0v) is 17.8. The monoisotopic (exact) mass is 393 g/mol. The van der Waals surface area contributed by atoms with Gasteiger partial charge < -0.3 is 15.2 Å². The molecule has 0 aliphatic rings. The summed E-state index contributed by atoms with van der Waals surface area (Å²) in [5.74, 6) is -1.53. The van der Waals surface area contributed by atoms with Gasteiger partial charge in [-0.05, 0) is 40.3 Å². The molecule has 0 aliphatic heterocycles. The van der Waals surface area contributed by atoms with E-state index in [9.17, 15) is 14.7 Å². The van der Waals surface area contributed by atoms with Crippen molar-refractivity contribution in [2.24, 2.45) is 0 Å². The summed E-state index contributed by atoms with van der Waals surface area (Å²) in [6.45, 7) is 0. The molecule has 0 aliphatic carbocycles. The number of amides is 1. The van der Waals surface area contributed by atoms with Crippen molar-refractivity contribution >= 4 is 29.3 Å². The Labute approximate surface area is 195 Å². The van der Waals surface area contributed by atoms with Gasteiger partial charge in [-0.1, -0.05) is 42.1 Å². The Morgan fingerprint density at radius 2 is 1.88 bits per heavy atom. The maximum atomic E-state index is 12.1. The van der Waals surface area contributed by atoms with Gasteiger partial charge in [-0.2, -0.15) is 4.68 Å². The van der Waals surface area contributed by atoms with Gasteiger partial charge in [0.2, 0.25) is 11.1 Å². The van der Waals surface area contributed by atoms with E-state index in [1.807, 2.05) is 30.3 Å². The molecule has 0 atom stereocenters. The van der Waals surface area contributed by atoms with Crippen molar-refractivity contribution in [3.63, 3.8) is 0 Å². The molecule has 0 unspecified atom stereocenters. The van der Waals surface area contributed by atoms with Crippen LogP contribution in [0.25, 0.3) is 5.69 Å². The Hall–Kier alpha value is -1.56. The van der Waals surface area contributed by atoms with Gasteiger partial charge in [0.05, 0.1) is 17.4 Å². The number of tetrazole rings is 1. The zero-order chi connectivity index (χ0) is 17.6. The van der Waals surface area contributed by atoms with Gasteiger partial charge in [0.15, 0.2) is 0 Å². The van der Waals surface area contributed by atoms with Crippen LogP contribution in [0.15, 0.2) is 59.8 Å². The molecule has 0 saturated heterocycles. The second-order valence-corrected chi connectivity index (χ2v) is 5.86. The molecule has 0 saturated carbocycles. The molecule has 1 N–H and O–H groups in total. The third kappa shape index (κ3) is 5.46. The summed E-state index contributed by atoms with van der Waals surface area (Å²) < 4.78 is 1.54. The summed E-state index contributed by atoms with van der Waals surface area (Å²) in [6.07, 6.45) is 0. The fourth-order valence-corrected chi connectivity index (χ4v) is 2.74. The van der Waals surface area contributed by atoms with Gasteiger partial charge in [-0.25, -0.2) is 0 Å². The maximum Gasteiger partial charge on any atom is 1.00 e. The number of benzene rings is 2. The van der Waals surface area contributed by atoms with Crippen LogP contribution in [0.5, 0.6) is 0 Å². The summed E-state index contributed by atoms with van der Waals surface area (Å²) in [5, 5.41) is 25.4. The molecular formula is C16H12KN5O3S. The van der Waals surface area contributed by atoms with Crippen LogP contribution in [0.4, 0.5) is 5.69 Å². The smallest absolute Gasteiger partial charge is 0.545 e. The minimum atomic E-state index is -1.30. The van der Waals surface area contributed by atoms with Crippen LogP contribution in [0.1, 0.15) is 10.4 Å². The molecule has 8 nitrogen and oxygen atoms in total. The average Bonchev–Trinajstić information content (AvgIpc) is 3.09. The molecule has 0 bridgehead atoms. The minimum Gasteiger partial charge on any atom is -0.545 e. The zero-order valence-electron chi connectivity index (χ0n) is 13.8. The second kappa shape index (κ2) is 9.95. The first kappa shape index (κ1) is 20.7. The normalized spacial score (nSPS) is 10.0. The van der Waals surface area contributed by atoms with Crippen molar-refractivity contribution < 1.29 is 66.1 Å². The molecule has 26 heavy (non-hydrogen) atoms. The molecule has 0 radical (unpaired) electrons. The number of para-hydroxylation sites is 1. The number of hydrogen-bond donors (Lipinski definition) is 1. The number of anilines is 1. The van der Waals surface area contributed by atoms with Gasteiger partial charge in [0.1, 0.15) is 0 Å². The Morgan fingerprint density at radius 1 is 1.12 bits per heavy atom. The number of hydrogen-bond acceptors (Lipinski definition) is 7. The minimum absolute atomic E-state index is 0. The average molecular weight is 393 g/mol. The molecule has 10 heteroatoms. The third-order valence-electron chi connectivity index (χ3n) is 3.16. The predicted octanol–water partition coefficient (Wildman–Crippen LogP) is -2.24. The number of nitrogens with one attached hydrogen (secondary N) is 1. The number of carbonyl (C=O) groups is 2. The molecule has 2 aromatic carbocycles. The van der Waals surface area contributed by atoms with E-state index in [2.05, 4.69) is 20.8 Å². The number of aromatic nitrogens is 4. The molecule has 0 spiro atoms. The van der Waals surface area contributed by atoms with E-state index in [0.717, 1.165) is 5.69 Å². The van der Waals surface area contributed by atoms with Crippen molar-refractivity contribution in [2.45, 2.75) is 5.16 Å². The van der Waals surface area contributed by atoms with Crippen molar-refractivity contribution in [3.05, 3.63) is 60.2 Å². The van der Waals surface area contributed by atoms with Gasteiger partial charge in [-0.15, -0.1) is 5.10 Å².